The van der Waals surface area contributed by atoms with Gasteiger partial charge in [0.2, 0.25) is 0 Å². The molecule has 1 atom stereocenters. The van der Waals surface area contributed by atoms with Gasteiger partial charge in [-0.1, -0.05) is 6.07 Å². The molecular formula is C18H24N2O2. The van der Waals surface area contributed by atoms with E-state index in [0.29, 0.717) is 6.04 Å². The van der Waals surface area contributed by atoms with Gasteiger partial charge in [-0.25, -0.2) is 0 Å². The highest BCUT2D eigenvalue weighted by molar-refractivity contribution is 5.82. The Morgan fingerprint density at radius 1 is 1.32 bits per heavy atom. The second kappa shape index (κ2) is 6.23. The van der Waals surface area contributed by atoms with Crippen molar-refractivity contribution in [1.29, 1.82) is 0 Å². The van der Waals surface area contributed by atoms with Gasteiger partial charge in [-0.2, -0.15) is 0 Å². The summed E-state index contributed by atoms with van der Waals surface area (Å²) in [5, 5.41) is 9.95. The Morgan fingerprint density at radius 3 is 2.91 bits per heavy atom. The van der Waals surface area contributed by atoms with Gasteiger partial charge in [0, 0.05) is 36.3 Å². The molecule has 2 heterocycles. The van der Waals surface area contributed by atoms with E-state index in [1.165, 1.54) is 6.42 Å². The number of benzene rings is 1. The number of nitrogens with one attached hydrogen (secondary N) is 1. The van der Waals surface area contributed by atoms with Gasteiger partial charge in [0.15, 0.2) is 5.43 Å². The monoisotopic (exact) mass is 300 g/mol. The van der Waals surface area contributed by atoms with Crippen molar-refractivity contribution in [3.63, 3.8) is 0 Å². The van der Waals surface area contributed by atoms with Crippen LogP contribution >= 0.6 is 0 Å². The molecule has 2 aromatic rings. The number of likely N-dealkylation sites (tertiary alicyclic amines) is 1. The zero-order chi connectivity index (χ0) is 15.7. The molecule has 3 rings (SSSR count). The average Bonchev–Trinajstić information content (AvgIpc) is 2.88. The van der Waals surface area contributed by atoms with Crippen molar-refractivity contribution in [3.8, 4) is 0 Å². The number of aromatic amines is 1. The summed E-state index contributed by atoms with van der Waals surface area (Å²) in [6, 6.07) is 6.22. The van der Waals surface area contributed by atoms with Crippen LogP contribution < -0.4 is 5.43 Å². The maximum atomic E-state index is 12.4. The van der Waals surface area contributed by atoms with Crippen LogP contribution in [0.15, 0.2) is 23.0 Å². The number of fused-ring (bicyclic) bond motifs is 1. The van der Waals surface area contributed by atoms with E-state index in [-0.39, 0.29) is 12.0 Å². The third-order valence-electron chi connectivity index (χ3n) is 4.67. The van der Waals surface area contributed by atoms with Crippen LogP contribution in [-0.2, 0) is 6.54 Å². The van der Waals surface area contributed by atoms with Gasteiger partial charge < -0.3 is 10.1 Å². The zero-order valence-corrected chi connectivity index (χ0v) is 13.4. The summed E-state index contributed by atoms with van der Waals surface area (Å²) >= 11 is 0. The number of aliphatic hydroxyl groups is 1. The van der Waals surface area contributed by atoms with Crippen molar-refractivity contribution >= 4 is 10.9 Å². The van der Waals surface area contributed by atoms with Crippen molar-refractivity contribution < 1.29 is 5.11 Å². The Hall–Kier alpha value is -1.65. The Kier molecular flexibility index (Phi) is 4.32. The van der Waals surface area contributed by atoms with E-state index >= 15 is 0 Å². The van der Waals surface area contributed by atoms with Gasteiger partial charge in [-0.3, -0.25) is 9.69 Å². The van der Waals surface area contributed by atoms with Crippen LogP contribution in [0.4, 0.5) is 0 Å². The first-order chi connectivity index (χ1) is 10.6. The highest BCUT2D eigenvalue weighted by Crippen LogP contribution is 2.22. The lowest BCUT2D eigenvalue weighted by molar-refractivity contribution is 0.188. The summed E-state index contributed by atoms with van der Waals surface area (Å²) in [6.07, 6.45) is 3.12. The smallest absolute Gasteiger partial charge is 0.189 e. The zero-order valence-electron chi connectivity index (χ0n) is 13.4. The van der Waals surface area contributed by atoms with Crippen LogP contribution in [0.25, 0.3) is 10.9 Å². The number of nitrogens with zero attached hydrogens (tertiary/aromatic N) is 1. The molecule has 1 aliphatic rings. The standard InChI is InChI=1S/C18H24N2O2/c1-12-8-13(2)18-16(9-12)17(22)10-14(19-18)11-20-6-3-4-15(20)5-7-21/h8-10,15,21H,3-7,11H2,1-2H3,(H,19,22). The van der Waals surface area contributed by atoms with E-state index in [1.807, 2.05) is 19.9 Å². The second-order valence-electron chi connectivity index (χ2n) is 6.44. The molecule has 1 fully saturated rings. The minimum Gasteiger partial charge on any atom is -0.396 e. The fourth-order valence-electron chi connectivity index (χ4n) is 3.64. The van der Waals surface area contributed by atoms with Crippen LogP contribution in [0, 0.1) is 13.8 Å². The van der Waals surface area contributed by atoms with Crippen molar-refractivity contribution in [2.45, 2.75) is 45.7 Å². The van der Waals surface area contributed by atoms with Gasteiger partial charge in [0.05, 0.1) is 5.52 Å². The molecule has 1 saturated heterocycles. The van der Waals surface area contributed by atoms with Gasteiger partial charge in [0.1, 0.15) is 0 Å². The van der Waals surface area contributed by atoms with Gasteiger partial charge in [0.25, 0.3) is 0 Å². The Bertz CT molecular complexity index is 736. The molecule has 4 nitrogen and oxygen atoms in total. The maximum absolute atomic E-state index is 12.4. The predicted molar refractivity (Wildman–Crippen MR) is 89.2 cm³/mol. The normalized spacial score (nSPS) is 19.1. The average molecular weight is 300 g/mol. The van der Waals surface area contributed by atoms with Crippen LogP contribution in [0.2, 0.25) is 0 Å². The number of hydrogen-bond acceptors (Lipinski definition) is 3. The summed E-state index contributed by atoms with van der Waals surface area (Å²) in [7, 11) is 0. The van der Waals surface area contributed by atoms with Crippen LogP contribution in [0.3, 0.4) is 0 Å². The molecule has 0 amide bonds. The van der Waals surface area contributed by atoms with Crippen molar-refractivity contribution in [2.75, 3.05) is 13.2 Å². The Morgan fingerprint density at radius 2 is 2.14 bits per heavy atom. The fourth-order valence-corrected chi connectivity index (χ4v) is 3.64. The second-order valence-corrected chi connectivity index (χ2v) is 6.44. The third-order valence-corrected chi connectivity index (χ3v) is 4.67. The molecule has 0 aliphatic carbocycles. The summed E-state index contributed by atoms with van der Waals surface area (Å²) < 4.78 is 0. The molecule has 4 heteroatoms. The molecule has 1 aromatic carbocycles. The lowest BCUT2D eigenvalue weighted by Crippen LogP contribution is -2.30. The quantitative estimate of drug-likeness (QED) is 0.912. The van der Waals surface area contributed by atoms with Crippen LogP contribution in [0.1, 0.15) is 36.1 Å². The highest BCUT2D eigenvalue weighted by Gasteiger charge is 2.24. The molecule has 1 aromatic heterocycles. The largest absolute Gasteiger partial charge is 0.396 e. The van der Waals surface area contributed by atoms with Crippen LogP contribution in [0.5, 0.6) is 0 Å². The fraction of sp³-hybridized carbons (Fsp3) is 0.500. The first-order valence-electron chi connectivity index (χ1n) is 8.06. The SMILES string of the molecule is Cc1cc(C)c2[nH]c(CN3CCCC3CCO)cc(=O)c2c1. The topological polar surface area (TPSA) is 56.3 Å². The number of hydrogen-bond donors (Lipinski definition) is 2. The van der Waals surface area contributed by atoms with Crippen molar-refractivity contribution in [1.82, 2.24) is 9.88 Å². The molecule has 1 unspecified atom stereocenters. The van der Waals surface area contributed by atoms with Crippen molar-refractivity contribution in [2.24, 2.45) is 0 Å². The number of aliphatic hydroxyl groups excluding tert-OH is 1. The molecule has 2 N–H and O–H groups in total. The number of aryl methyl sites for hydroxylation is 2. The predicted octanol–water partition coefficient (Wildman–Crippen LogP) is 2.49. The molecular weight excluding hydrogens is 276 g/mol. The molecule has 0 bridgehead atoms. The summed E-state index contributed by atoms with van der Waals surface area (Å²) in [5.74, 6) is 0. The number of rotatable bonds is 4. The van der Waals surface area contributed by atoms with Gasteiger partial charge in [-0.15, -0.1) is 0 Å². The van der Waals surface area contributed by atoms with Crippen molar-refractivity contribution in [3.05, 3.63) is 45.2 Å². The number of aromatic nitrogens is 1. The minimum atomic E-state index is 0.0912. The van der Waals surface area contributed by atoms with Gasteiger partial charge >= 0.3 is 0 Å². The third kappa shape index (κ3) is 2.94. The lowest BCUT2D eigenvalue weighted by Gasteiger charge is -2.23. The number of pyridine rings is 1. The molecule has 22 heavy (non-hydrogen) atoms. The molecule has 0 spiro atoms. The summed E-state index contributed by atoms with van der Waals surface area (Å²) in [5.41, 5.74) is 4.24. The van der Waals surface area contributed by atoms with E-state index in [9.17, 15) is 9.90 Å². The van der Waals surface area contributed by atoms with Gasteiger partial charge in [-0.05, 0) is 56.8 Å². The minimum absolute atomic E-state index is 0.0912. The van der Waals surface area contributed by atoms with E-state index in [1.54, 1.807) is 6.07 Å². The first kappa shape index (κ1) is 15.3. The molecule has 1 aliphatic heterocycles. The lowest BCUT2D eigenvalue weighted by atomic mass is 10.1. The van der Waals surface area contributed by atoms with E-state index in [4.69, 9.17) is 0 Å². The number of H-pyrrole nitrogens is 1. The maximum Gasteiger partial charge on any atom is 0.189 e. The molecule has 118 valence electrons. The summed E-state index contributed by atoms with van der Waals surface area (Å²) in [6.45, 7) is 6.08. The first-order valence-corrected chi connectivity index (χ1v) is 8.06. The van der Waals surface area contributed by atoms with E-state index < -0.39 is 0 Å². The molecule has 0 saturated carbocycles. The van der Waals surface area contributed by atoms with E-state index in [0.717, 1.165) is 53.7 Å². The summed E-state index contributed by atoms with van der Waals surface area (Å²) in [4.78, 5) is 18.2. The Labute approximate surface area is 130 Å². The Balaban J connectivity index is 1.93. The molecule has 0 radical (unpaired) electrons. The highest BCUT2D eigenvalue weighted by atomic mass is 16.3. The van der Waals surface area contributed by atoms with Crippen LogP contribution in [-0.4, -0.2) is 34.2 Å². The van der Waals surface area contributed by atoms with E-state index in [2.05, 4.69) is 16.0 Å².